The zero-order chi connectivity index (χ0) is 15.4. The summed E-state index contributed by atoms with van der Waals surface area (Å²) in [5, 5.41) is 11.7. The first-order valence-electron chi connectivity index (χ1n) is 8.12. The van der Waals surface area contributed by atoms with Gasteiger partial charge in [-0.25, -0.2) is 9.89 Å². The number of aromatic nitrogens is 3. The van der Waals surface area contributed by atoms with Crippen LogP contribution in [0.1, 0.15) is 47.0 Å². The summed E-state index contributed by atoms with van der Waals surface area (Å²) in [4.78, 5) is 11.7. The molecule has 1 heterocycles. The Bertz CT molecular complexity index is 496. The Balaban J connectivity index is 2.13. The van der Waals surface area contributed by atoms with Gasteiger partial charge in [-0.1, -0.05) is 32.5 Å². The van der Waals surface area contributed by atoms with Crippen LogP contribution < -0.4 is 11.0 Å². The van der Waals surface area contributed by atoms with E-state index < -0.39 is 0 Å². The van der Waals surface area contributed by atoms with Gasteiger partial charge in [-0.05, 0) is 44.6 Å². The van der Waals surface area contributed by atoms with Crippen LogP contribution in [0.15, 0.2) is 9.95 Å². The quantitative estimate of drug-likeness (QED) is 0.847. The molecule has 1 aromatic heterocycles. The summed E-state index contributed by atoms with van der Waals surface area (Å²) in [6, 6.07) is 0.520. The van der Waals surface area contributed by atoms with Crippen LogP contribution in [-0.2, 0) is 6.54 Å². The fourth-order valence-corrected chi connectivity index (χ4v) is 4.65. The Kier molecular flexibility index (Phi) is 5.93. The Hall–Kier alpha value is -0.750. The molecule has 0 radical (unpaired) electrons. The van der Waals surface area contributed by atoms with Crippen LogP contribution in [0.3, 0.4) is 0 Å². The Labute approximate surface area is 131 Å². The molecule has 0 amide bonds. The van der Waals surface area contributed by atoms with Crippen LogP contribution in [-0.4, -0.2) is 32.6 Å². The average molecular weight is 312 g/mol. The van der Waals surface area contributed by atoms with Gasteiger partial charge < -0.3 is 5.32 Å². The van der Waals surface area contributed by atoms with E-state index >= 15 is 0 Å². The fourth-order valence-electron chi connectivity index (χ4n) is 3.20. The number of H-pyrrole nitrogens is 1. The molecule has 3 unspecified atom stereocenters. The molecule has 0 aliphatic heterocycles. The summed E-state index contributed by atoms with van der Waals surface area (Å²) in [6.45, 7) is 10.4. The second-order valence-corrected chi connectivity index (χ2v) is 7.40. The summed E-state index contributed by atoms with van der Waals surface area (Å²) >= 11 is 1.76. The first-order chi connectivity index (χ1) is 10.1. The van der Waals surface area contributed by atoms with Gasteiger partial charge in [-0.15, -0.1) is 5.10 Å². The summed E-state index contributed by atoms with van der Waals surface area (Å²) in [5.74, 6) is 1.50. The molecule has 1 aliphatic rings. The Morgan fingerprint density at radius 1 is 1.43 bits per heavy atom. The maximum Gasteiger partial charge on any atom is 0.343 e. The lowest BCUT2D eigenvalue weighted by molar-refractivity contribution is 0.247. The van der Waals surface area contributed by atoms with E-state index in [1.54, 1.807) is 16.3 Å². The largest absolute Gasteiger partial charge is 0.343 e. The van der Waals surface area contributed by atoms with Gasteiger partial charge in [0.1, 0.15) is 0 Å². The summed E-state index contributed by atoms with van der Waals surface area (Å²) in [7, 11) is 0. The number of rotatable bonds is 6. The third kappa shape index (κ3) is 3.92. The predicted octanol–water partition coefficient (Wildman–Crippen LogP) is 2.49. The lowest BCUT2D eigenvalue weighted by atomic mass is 9.79. The van der Waals surface area contributed by atoms with E-state index in [2.05, 4.69) is 36.3 Å². The van der Waals surface area contributed by atoms with Crippen LogP contribution in [0, 0.1) is 11.8 Å². The van der Waals surface area contributed by atoms with Gasteiger partial charge in [0, 0.05) is 17.8 Å². The third-order valence-corrected chi connectivity index (χ3v) is 5.88. The van der Waals surface area contributed by atoms with Gasteiger partial charge in [0.05, 0.1) is 0 Å². The average Bonchev–Trinajstić information content (AvgIpc) is 2.81. The Morgan fingerprint density at radius 3 is 2.81 bits per heavy atom. The van der Waals surface area contributed by atoms with Gasteiger partial charge in [0.15, 0.2) is 5.16 Å². The molecule has 2 rings (SSSR count). The van der Waals surface area contributed by atoms with Crippen molar-refractivity contribution in [3.63, 3.8) is 0 Å². The molecule has 1 fully saturated rings. The standard InChI is InChI=1S/C15H28N4OS/c1-5-16-12-8-7-11(10(3)4)9-13(12)21-15-18-17-14(20)19(15)6-2/h10-13,16H,5-9H2,1-4H3,(H,17,20). The van der Waals surface area contributed by atoms with Crippen molar-refractivity contribution in [2.75, 3.05) is 6.54 Å². The highest BCUT2D eigenvalue weighted by atomic mass is 32.2. The first-order valence-corrected chi connectivity index (χ1v) is 9.00. The van der Waals surface area contributed by atoms with Gasteiger partial charge in [0.2, 0.25) is 0 Å². The minimum atomic E-state index is -0.101. The molecular formula is C15H28N4OS. The number of nitrogens with zero attached hydrogens (tertiary/aromatic N) is 2. The van der Waals surface area contributed by atoms with Crippen LogP contribution in [0.5, 0.6) is 0 Å². The highest BCUT2D eigenvalue weighted by molar-refractivity contribution is 7.99. The van der Waals surface area contributed by atoms with Gasteiger partial charge >= 0.3 is 5.69 Å². The van der Waals surface area contributed by atoms with Crippen molar-refractivity contribution in [1.29, 1.82) is 0 Å². The van der Waals surface area contributed by atoms with Gasteiger partial charge in [-0.3, -0.25) is 4.57 Å². The van der Waals surface area contributed by atoms with Crippen LogP contribution in [0.2, 0.25) is 0 Å². The summed E-state index contributed by atoms with van der Waals surface area (Å²) < 4.78 is 1.73. The molecule has 1 saturated carbocycles. The molecule has 120 valence electrons. The molecule has 3 atom stereocenters. The van der Waals surface area contributed by atoms with E-state index in [0.717, 1.165) is 23.5 Å². The smallest absolute Gasteiger partial charge is 0.313 e. The van der Waals surface area contributed by atoms with Crippen molar-refractivity contribution in [3.8, 4) is 0 Å². The molecule has 21 heavy (non-hydrogen) atoms. The van der Waals surface area contributed by atoms with E-state index in [0.29, 0.717) is 17.8 Å². The van der Waals surface area contributed by atoms with E-state index in [9.17, 15) is 4.79 Å². The molecule has 0 bridgehead atoms. The molecule has 1 aliphatic carbocycles. The lowest BCUT2D eigenvalue weighted by Gasteiger charge is -2.37. The van der Waals surface area contributed by atoms with Crippen molar-refractivity contribution in [3.05, 3.63) is 10.5 Å². The molecule has 6 heteroatoms. The minimum absolute atomic E-state index is 0.101. The molecule has 0 spiro atoms. The van der Waals surface area contributed by atoms with Crippen LogP contribution in [0.25, 0.3) is 0 Å². The zero-order valence-electron chi connectivity index (χ0n) is 13.6. The summed E-state index contributed by atoms with van der Waals surface area (Å²) in [6.07, 6.45) is 3.72. The Morgan fingerprint density at radius 2 is 2.19 bits per heavy atom. The predicted molar refractivity (Wildman–Crippen MR) is 87.8 cm³/mol. The van der Waals surface area contributed by atoms with E-state index in [4.69, 9.17) is 0 Å². The van der Waals surface area contributed by atoms with Crippen molar-refractivity contribution >= 4 is 11.8 Å². The minimum Gasteiger partial charge on any atom is -0.313 e. The second kappa shape index (κ2) is 7.49. The van der Waals surface area contributed by atoms with Gasteiger partial charge in [0.25, 0.3) is 0 Å². The lowest BCUT2D eigenvalue weighted by Crippen LogP contribution is -2.43. The zero-order valence-corrected chi connectivity index (χ0v) is 14.4. The second-order valence-electron chi connectivity index (χ2n) is 6.19. The molecule has 0 saturated heterocycles. The number of hydrogen-bond acceptors (Lipinski definition) is 4. The van der Waals surface area contributed by atoms with Gasteiger partial charge in [-0.2, -0.15) is 0 Å². The number of aromatic amines is 1. The third-order valence-electron chi connectivity index (χ3n) is 4.54. The van der Waals surface area contributed by atoms with E-state index in [-0.39, 0.29) is 5.69 Å². The molecule has 1 aromatic rings. The summed E-state index contributed by atoms with van der Waals surface area (Å²) in [5.41, 5.74) is -0.101. The maximum absolute atomic E-state index is 11.7. The molecule has 5 nitrogen and oxygen atoms in total. The molecule has 0 aromatic carbocycles. The molecular weight excluding hydrogens is 284 g/mol. The molecule has 2 N–H and O–H groups in total. The monoisotopic (exact) mass is 312 g/mol. The first kappa shape index (κ1) is 16.6. The van der Waals surface area contributed by atoms with E-state index in [1.165, 1.54) is 19.3 Å². The number of hydrogen-bond donors (Lipinski definition) is 2. The van der Waals surface area contributed by atoms with Crippen molar-refractivity contribution in [2.24, 2.45) is 11.8 Å². The maximum atomic E-state index is 11.7. The van der Waals surface area contributed by atoms with E-state index in [1.807, 2.05) is 6.92 Å². The highest BCUT2D eigenvalue weighted by Gasteiger charge is 2.33. The topological polar surface area (TPSA) is 62.7 Å². The SMILES string of the molecule is CCNC1CCC(C(C)C)CC1Sc1n[nH]c(=O)n1CC. The normalized spacial score (nSPS) is 26.4. The van der Waals surface area contributed by atoms with Crippen molar-refractivity contribution in [2.45, 2.75) is 70.0 Å². The number of thioether (sulfide) groups is 1. The van der Waals surface area contributed by atoms with Crippen LogP contribution >= 0.6 is 11.8 Å². The highest BCUT2D eigenvalue weighted by Crippen LogP contribution is 2.38. The van der Waals surface area contributed by atoms with Crippen molar-refractivity contribution in [1.82, 2.24) is 20.1 Å². The van der Waals surface area contributed by atoms with Crippen LogP contribution in [0.4, 0.5) is 0 Å². The fraction of sp³-hybridized carbons (Fsp3) is 0.867. The number of nitrogens with one attached hydrogen (secondary N) is 2. The van der Waals surface area contributed by atoms with Crippen molar-refractivity contribution < 1.29 is 0 Å².